The Labute approximate surface area is 82.9 Å². The van der Waals surface area contributed by atoms with Crippen molar-refractivity contribution in [1.29, 1.82) is 0 Å². The van der Waals surface area contributed by atoms with Crippen LogP contribution < -0.4 is 5.32 Å². The number of aliphatic hydroxyl groups is 1. The van der Waals surface area contributed by atoms with Crippen LogP contribution in [-0.4, -0.2) is 31.5 Å². The van der Waals surface area contributed by atoms with E-state index in [0.29, 0.717) is 19.8 Å². The van der Waals surface area contributed by atoms with Crippen LogP contribution in [-0.2, 0) is 11.3 Å². The molecule has 0 aliphatic carbocycles. The second-order valence-corrected chi connectivity index (χ2v) is 3.83. The summed E-state index contributed by atoms with van der Waals surface area (Å²) >= 11 is 0. The van der Waals surface area contributed by atoms with Crippen molar-refractivity contribution in [1.82, 2.24) is 5.32 Å². The van der Waals surface area contributed by atoms with Gasteiger partial charge in [-0.15, -0.1) is 0 Å². The van der Waals surface area contributed by atoms with Gasteiger partial charge in [0.2, 0.25) is 0 Å². The molecule has 0 atom stereocenters. The van der Waals surface area contributed by atoms with Crippen molar-refractivity contribution in [2.45, 2.75) is 6.54 Å². The summed E-state index contributed by atoms with van der Waals surface area (Å²) in [4.78, 5) is 0. The number of furan rings is 1. The summed E-state index contributed by atoms with van der Waals surface area (Å²) in [5.41, 5.74) is -0.0629. The first-order chi connectivity index (χ1) is 6.85. The van der Waals surface area contributed by atoms with Gasteiger partial charge in [-0.2, -0.15) is 0 Å². The summed E-state index contributed by atoms with van der Waals surface area (Å²) in [6, 6.07) is 3.79. The molecule has 0 spiro atoms. The van der Waals surface area contributed by atoms with E-state index < -0.39 is 0 Å². The molecule has 78 valence electrons. The van der Waals surface area contributed by atoms with E-state index in [0.717, 1.165) is 12.3 Å². The minimum Gasteiger partial charge on any atom is -0.468 e. The van der Waals surface area contributed by atoms with Gasteiger partial charge in [0.1, 0.15) is 5.76 Å². The maximum Gasteiger partial charge on any atom is 0.117 e. The highest BCUT2D eigenvalue weighted by molar-refractivity contribution is 4.98. The van der Waals surface area contributed by atoms with E-state index in [1.165, 1.54) is 0 Å². The molecule has 1 aliphatic heterocycles. The lowest BCUT2D eigenvalue weighted by atomic mass is 9.87. The maximum atomic E-state index is 9.15. The van der Waals surface area contributed by atoms with Crippen LogP contribution in [0.2, 0.25) is 0 Å². The standard InChI is InChI=1S/C10H15NO3/c12-6-10(7-13-8-10)5-11-4-9-2-1-3-14-9/h1-3,11-12H,4-8H2. The van der Waals surface area contributed by atoms with Gasteiger partial charge < -0.3 is 19.6 Å². The molecule has 2 rings (SSSR count). The fourth-order valence-corrected chi connectivity index (χ4v) is 1.50. The van der Waals surface area contributed by atoms with Gasteiger partial charge in [-0.05, 0) is 12.1 Å². The van der Waals surface area contributed by atoms with Crippen LogP contribution >= 0.6 is 0 Å². The zero-order valence-corrected chi connectivity index (χ0v) is 8.03. The average Bonchev–Trinajstić information content (AvgIpc) is 2.62. The van der Waals surface area contributed by atoms with Crippen LogP contribution in [0.3, 0.4) is 0 Å². The molecule has 0 bridgehead atoms. The van der Waals surface area contributed by atoms with E-state index >= 15 is 0 Å². The molecule has 2 heterocycles. The SMILES string of the molecule is OCC1(CNCc2ccco2)COC1. The Morgan fingerprint density at radius 3 is 2.86 bits per heavy atom. The molecular formula is C10H15NO3. The van der Waals surface area contributed by atoms with E-state index in [4.69, 9.17) is 14.3 Å². The number of hydrogen-bond donors (Lipinski definition) is 2. The van der Waals surface area contributed by atoms with Crippen molar-refractivity contribution in [2.75, 3.05) is 26.4 Å². The van der Waals surface area contributed by atoms with Crippen LogP contribution in [0.5, 0.6) is 0 Å². The zero-order chi connectivity index (χ0) is 9.86. The molecule has 4 nitrogen and oxygen atoms in total. The Hall–Kier alpha value is -0.840. The molecule has 14 heavy (non-hydrogen) atoms. The summed E-state index contributed by atoms with van der Waals surface area (Å²) in [5, 5.41) is 12.4. The lowest BCUT2D eigenvalue weighted by molar-refractivity contribution is -0.134. The quantitative estimate of drug-likeness (QED) is 0.716. The normalized spacial score (nSPS) is 19.2. The predicted octanol–water partition coefficient (Wildman–Crippen LogP) is 0.378. The Morgan fingerprint density at radius 1 is 1.50 bits per heavy atom. The Kier molecular flexibility index (Phi) is 2.86. The number of rotatable bonds is 5. The van der Waals surface area contributed by atoms with Crippen LogP contribution in [0.15, 0.2) is 22.8 Å². The summed E-state index contributed by atoms with van der Waals surface area (Å²) < 4.78 is 10.3. The van der Waals surface area contributed by atoms with E-state index in [9.17, 15) is 0 Å². The smallest absolute Gasteiger partial charge is 0.117 e. The molecule has 0 radical (unpaired) electrons. The molecule has 2 N–H and O–H groups in total. The van der Waals surface area contributed by atoms with Crippen molar-refractivity contribution < 1.29 is 14.3 Å². The lowest BCUT2D eigenvalue weighted by Crippen LogP contribution is -2.52. The topological polar surface area (TPSA) is 54.6 Å². The Balaban J connectivity index is 1.72. The highest BCUT2D eigenvalue weighted by Gasteiger charge is 2.37. The molecular weight excluding hydrogens is 182 g/mol. The fourth-order valence-electron chi connectivity index (χ4n) is 1.50. The molecule has 1 aromatic heterocycles. The second kappa shape index (κ2) is 4.13. The van der Waals surface area contributed by atoms with Gasteiger partial charge >= 0.3 is 0 Å². The molecule has 1 fully saturated rings. The van der Waals surface area contributed by atoms with E-state index in [1.807, 2.05) is 12.1 Å². The van der Waals surface area contributed by atoms with Gasteiger partial charge in [0.25, 0.3) is 0 Å². The van der Waals surface area contributed by atoms with Gasteiger partial charge in [-0.25, -0.2) is 0 Å². The number of aliphatic hydroxyl groups excluding tert-OH is 1. The van der Waals surface area contributed by atoms with Crippen molar-refractivity contribution in [2.24, 2.45) is 5.41 Å². The summed E-state index contributed by atoms with van der Waals surface area (Å²) in [5.74, 6) is 0.915. The third-order valence-corrected chi connectivity index (χ3v) is 2.53. The first kappa shape index (κ1) is 9.71. The largest absolute Gasteiger partial charge is 0.468 e. The molecule has 1 aliphatic rings. The average molecular weight is 197 g/mol. The maximum absolute atomic E-state index is 9.15. The summed E-state index contributed by atoms with van der Waals surface area (Å²) in [6.07, 6.45) is 1.66. The van der Waals surface area contributed by atoms with Gasteiger partial charge in [-0.1, -0.05) is 0 Å². The third kappa shape index (κ3) is 1.97. The van der Waals surface area contributed by atoms with Crippen LogP contribution in [0.25, 0.3) is 0 Å². The van der Waals surface area contributed by atoms with Crippen molar-refractivity contribution >= 4 is 0 Å². The molecule has 4 heteroatoms. The van der Waals surface area contributed by atoms with E-state index in [-0.39, 0.29) is 12.0 Å². The third-order valence-electron chi connectivity index (χ3n) is 2.53. The second-order valence-electron chi connectivity index (χ2n) is 3.83. The van der Waals surface area contributed by atoms with Crippen LogP contribution in [0, 0.1) is 5.41 Å². The number of hydrogen-bond acceptors (Lipinski definition) is 4. The summed E-state index contributed by atoms with van der Waals surface area (Å²) in [6.45, 7) is 2.94. The monoisotopic (exact) mass is 197 g/mol. The molecule has 1 saturated heterocycles. The minimum absolute atomic E-state index is 0.0629. The highest BCUT2D eigenvalue weighted by Crippen LogP contribution is 2.25. The molecule has 0 aromatic carbocycles. The number of nitrogens with one attached hydrogen (secondary N) is 1. The summed E-state index contributed by atoms with van der Waals surface area (Å²) in [7, 11) is 0. The highest BCUT2D eigenvalue weighted by atomic mass is 16.5. The molecule has 0 saturated carbocycles. The molecule has 0 amide bonds. The van der Waals surface area contributed by atoms with Gasteiger partial charge in [0.05, 0.1) is 38.0 Å². The van der Waals surface area contributed by atoms with E-state index in [2.05, 4.69) is 5.32 Å². The van der Waals surface area contributed by atoms with Gasteiger partial charge in [0.15, 0.2) is 0 Å². The first-order valence-electron chi connectivity index (χ1n) is 4.76. The molecule has 1 aromatic rings. The number of ether oxygens (including phenoxy) is 1. The van der Waals surface area contributed by atoms with Crippen molar-refractivity contribution in [3.05, 3.63) is 24.2 Å². The minimum atomic E-state index is -0.0629. The van der Waals surface area contributed by atoms with Crippen LogP contribution in [0.1, 0.15) is 5.76 Å². The Bertz CT molecular complexity index is 261. The van der Waals surface area contributed by atoms with Crippen LogP contribution in [0.4, 0.5) is 0 Å². The predicted molar refractivity (Wildman–Crippen MR) is 50.8 cm³/mol. The Morgan fingerprint density at radius 2 is 2.36 bits per heavy atom. The van der Waals surface area contributed by atoms with Gasteiger partial charge in [0, 0.05) is 6.54 Å². The van der Waals surface area contributed by atoms with Crippen molar-refractivity contribution in [3.63, 3.8) is 0 Å². The first-order valence-corrected chi connectivity index (χ1v) is 4.76. The fraction of sp³-hybridized carbons (Fsp3) is 0.600. The van der Waals surface area contributed by atoms with Gasteiger partial charge in [-0.3, -0.25) is 0 Å². The zero-order valence-electron chi connectivity index (χ0n) is 8.03. The lowest BCUT2D eigenvalue weighted by Gasteiger charge is -2.39. The van der Waals surface area contributed by atoms with Crippen molar-refractivity contribution in [3.8, 4) is 0 Å². The van der Waals surface area contributed by atoms with E-state index in [1.54, 1.807) is 6.26 Å². The molecule has 0 unspecified atom stereocenters.